The Balaban J connectivity index is 1.65. The summed E-state index contributed by atoms with van der Waals surface area (Å²) < 4.78 is 13.3. The van der Waals surface area contributed by atoms with Crippen LogP contribution in [0.15, 0.2) is 60.7 Å². The highest BCUT2D eigenvalue weighted by atomic mass is 32.4. The summed E-state index contributed by atoms with van der Waals surface area (Å²) in [7, 11) is 0. The molecule has 34 heavy (non-hydrogen) atoms. The van der Waals surface area contributed by atoms with Gasteiger partial charge in [-0.1, -0.05) is 56.0 Å². The number of hydrogen-bond donors (Lipinski definition) is 0. The third-order valence-corrected chi connectivity index (χ3v) is 12.8. The molecular weight excluding hydrogens is 457 g/mol. The maximum Gasteiger partial charge on any atom is 0.141 e. The molecule has 3 nitrogen and oxygen atoms in total. The number of hydrogen-bond acceptors (Lipinski definition) is 4. The van der Waals surface area contributed by atoms with Crippen molar-refractivity contribution in [3.8, 4) is 23.0 Å². The van der Waals surface area contributed by atoms with Gasteiger partial charge < -0.3 is 14.4 Å². The smallest absolute Gasteiger partial charge is 0.141 e. The van der Waals surface area contributed by atoms with Crippen molar-refractivity contribution in [2.75, 3.05) is 4.90 Å². The van der Waals surface area contributed by atoms with E-state index in [-0.39, 0.29) is 5.41 Å². The van der Waals surface area contributed by atoms with Gasteiger partial charge in [-0.3, -0.25) is 0 Å². The Kier molecular flexibility index (Phi) is 3.26. The standard InChI is InChI=1S/C29H22NO2PS/c1-15-12-13-20-26-24(15)31-21-10-7-11-22-27(21)33(26,34)28-23-18(14-16(2)25(28)32-22)29(3,4)17-8-5-6-9-19(17)30(20)23/h5-14H,1-4H3. The molecule has 0 fully saturated rings. The Labute approximate surface area is 204 Å². The number of fused-ring (bicyclic) bond motifs is 3. The molecule has 0 saturated carbocycles. The molecule has 4 aliphatic rings. The topological polar surface area (TPSA) is 21.7 Å². The molecule has 0 bridgehead atoms. The van der Waals surface area contributed by atoms with Crippen LogP contribution in [0.4, 0.5) is 17.1 Å². The molecule has 4 aliphatic heterocycles. The highest BCUT2D eigenvalue weighted by Gasteiger charge is 2.53. The summed E-state index contributed by atoms with van der Waals surface area (Å²) in [6, 6.07) is 19.2. The molecule has 166 valence electrons. The number of aryl methyl sites for hydroxylation is 2. The molecule has 4 aromatic carbocycles. The van der Waals surface area contributed by atoms with E-state index in [1.165, 1.54) is 33.1 Å². The second-order valence-corrected chi connectivity index (χ2v) is 14.4. The summed E-state index contributed by atoms with van der Waals surface area (Å²) in [4.78, 5) is 2.43. The lowest BCUT2D eigenvalue weighted by Crippen LogP contribution is -2.46. The summed E-state index contributed by atoms with van der Waals surface area (Å²) in [5.41, 5.74) is 8.32. The quantitative estimate of drug-likeness (QED) is 0.226. The SMILES string of the molecule is Cc1ccc2c3c1Oc1cccc4c1P3(=S)c1c(c(C)cc3c1N2c1ccccc1C3(C)C)O4. The lowest BCUT2D eigenvalue weighted by Gasteiger charge is -2.51. The molecule has 0 aromatic heterocycles. The number of para-hydroxylation sites is 1. The van der Waals surface area contributed by atoms with Crippen LogP contribution < -0.4 is 30.3 Å². The van der Waals surface area contributed by atoms with Crippen molar-refractivity contribution in [2.45, 2.75) is 33.1 Å². The van der Waals surface area contributed by atoms with E-state index in [0.29, 0.717) is 0 Å². The molecule has 4 aromatic rings. The van der Waals surface area contributed by atoms with Gasteiger partial charge in [-0.2, -0.15) is 0 Å². The minimum absolute atomic E-state index is 0.159. The van der Waals surface area contributed by atoms with Gasteiger partial charge in [0.1, 0.15) is 23.0 Å². The van der Waals surface area contributed by atoms with Crippen LogP contribution >= 0.6 is 6.04 Å². The Hall–Kier alpha value is -3.07. The number of ether oxygens (including phenoxy) is 2. The van der Waals surface area contributed by atoms with Crippen LogP contribution in [-0.2, 0) is 17.2 Å². The van der Waals surface area contributed by atoms with Gasteiger partial charge in [0.25, 0.3) is 0 Å². The van der Waals surface area contributed by atoms with Gasteiger partial charge in [0.05, 0.1) is 39.0 Å². The van der Waals surface area contributed by atoms with Gasteiger partial charge in [-0.25, -0.2) is 0 Å². The molecule has 4 heterocycles. The number of nitrogens with zero attached hydrogens (tertiary/aromatic N) is 1. The molecule has 0 spiro atoms. The molecule has 0 N–H and O–H groups in total. The minimum Gasteiger partial charge on any atom is -0.455 e. The van der Waals surface area contributed by atoms with E-state index in [0.717, 1.165) is 45.1 Å². The van der Waals surface area contributed by atoms with Gasteiger partial charge in [-0.15, -0.1) is 0 Å². The normalized spacial score (nSPS) is 20.6. The first kappa shape index (κ1) is 19.3. The summed E-state index contributed by atoms with van der Waals surface area (Å²) in [6.07, 6.45) is 0. The Morgan fingerprint density at radius 1 is 0.735 bits per heavy atom. The lowest BCUT2D eigenvalue weighted by molar-refractivity contribution is 0.462. The fourth-order valence-electron chi connectivity index (χ4n) is 6.42. The molecule has 0 aliphatic carbocycles. The van der Waals surface area contributed by atoms with Gasteiger partial charge in [-0.05, 0) is 66.4 Å². The van der Waals surface area contributed by atoms with Gasteiger partial charge >= 0.3 is 0 Å². The van der Waals surface area contributed by atoms with E-state index in [9.17, 15) is 0 Å². The second kappa shape index (κ2) is 5.76. The second-order valence-electron chi connectivity index (χ2n) is 10.2. The fourth-order valence-corrected chi connectivity index (χ4v) is 11.6. The monoisotopic (exact) mass is 479 g/mol. The van der Waals surface area contributed by atoms with E-state index in [4.69, 9.17) is 21.3 Å². The van der Waals surface area contributed by atoms with Crippen LogP contribution in [0.3, 0.4) is 0 Å². The van der Waals surface area contributed by atoms with E-state index >= 15 is 0 Å². The lowest BCUT2D eigenvalue weighted by atomic mass is 9.73. The average molecular weight is 480 g/mol. The summed E-state index contributed by atoms with van der Waals surface area (Å²) in [5.74, 6) is 3.55. The van der Waals surface area contributed by atoms with Crippen LogP contribution in [-0.4, -0.2) is 0 Å². The zero-order valence-corrected chi connectivity index (χ0v) is 21.1. The first-order valence-electron chi connectivity index (χ1n) is 11.7. The first-order chi connectivity index (χ1) is 16.3. The molecule has 5 heteroatoms. The summed E-state index contributed by atoms with van der Waals surface area (Å²) >= 11 is 6.89. The van der Waals surface area contributed by atoms with Crippen molar-refractivity contribution >= 4 is 50.8 Å². The predicted molar refractivity (Wildman–Crippen MR) is 143 cm³/mol. The van der Waals surface area contributed by atoms with E-state index in [1.807, 2.05) is 18.2 Å². The highest BCUT2D eigenvalue weighted by Crippen LogP contribution is 2.68. The van der Waals surface area contributed by atoms with Crippen LogP contribution in [0, 0.1) is 13.8 Å². The fraction of sp³-hybridized carbons (Fsp3) is 0.172. The molecule has 8 rings (SSSR count). The minimum atomic E-state index is -2.41. The highest BCUT2D eigenvalue weighted by molar-refractivity contribution is 8.26. The predicted octanol–water partition coefficient (Wildman–Crippen LogP) is 6.69. The molecule has 1 unspecified atom stereocenters. The zero-order valence-electron chi connectivity index (χ0n) is 19.4. The molecular formula is C29H22NO2PS. The first-order valence-corrected chi connectivity index (χ1v) is 14.5. The van der Waals surface area contributed by atoms with Gasteiger partial charge in [0.2, 0.25) is 0 Å². The van der Waals surface area contributed by atoms with Crippen LogP contribution in [0.1, 0.15) is 36.1 Å². The maximum absolute atomic E-state index is 6.89. The molecule has 0 radical (unpaired) electrons. The Morgan fingerprint density at radius 2 is 1.44 bits per heavy atom. The van der Waals surface area contributed by atoms with Crippen LogP contribution in [0.25, 0.3) is 0 Å². The number of benzene rings is 4. The van der Waals surface area contributed by atoms with Crippen molar-refractivity contribution in [2.24, 2.45) is 0 Å². The van der Waals surface area contributed by atoms with Crippen LogP contribution in [0.2, 0.25) is 0 Å². The van der Waals surface area contributed by atoms with Gasteiger partial charge in [0, 0.05) is 5.41 Å². The van der Waals surface area contributed by atoms with Crippen LogP contribution in [0.5, 0.6) is 23.0 Å². The third-order valence-electron chi connectivity index (χ3n) is 8.01. The average Bonchev–Trinajstić information content (AvgIpc) is 2.81. The van der Waals surface area contributed by atoms with Crippen molar-refractivity contribution in [1.82, 2.24) is 0 Å². The number of anilines is 3. The Bertz CT molecular complexity index is 1690. The van der Waals surface area contributed by atoms with Crippen molar-refractivity contribution in [1.29, 1.82) is 0 Å². The van der Waals surface area contributed by atoms with Gasteiger partial charge in [0.15, 0.2) is 0 Å². The van der Waals surface area contributed by atoms with E-state index in [2.05, 4.69) is 75.1 Å². The van der Waals surface area contributed by atoms with E-state index < -0.39 is 6.04 Å². The number of rotatable bonds is 0. The molecule has 1 atom stereocenters. The summed E-state index contributed by atoms with van der Waals surface area (Å²) in [5, 5.41) is 3.44. The van der Waals surface area contributed by atoms with Crippen molar-refractivity contribution in [3.05, 3.63) is 82.9 Å². The molecule has 0 saturated heterocycles. The zero-order chi connectivity index (χ0) is 23.1. The summed E-state index contributed by atoms with van der Waals surface area (Å²) in [6.45, 7) is 8.95. The molecule has 0 amide bonds. The largest absolute Gasteiger partial charge is 0.455 e. The Morgan fingerprint density at radius 3 is 2.21 bits per heavy atom. The third kappa shape index (κ3) is 1.90. The van der Waals surface area contributed by atoms with E-state index in [1.54, 1.807) is 0 Å². The van der Waals surface area contributed by atoms with Crippen molar-refractivity contribution < 1.29 is 9.47 Å². The maximum atomic E-state index is 6.89. The van der Waals surface area contributed by atoms with Crippen molar-refractivity contribution in [3.63, 3.8) is 0 Å².